The Hall–Kier alpha value is -1.45. The third kappa shape index (κ3) is 2.30. The topological polar surface area (TPSA) is 42.6 Å². The van der Waals surface area contributed by atoms with E-state index in [4.69, 9.17) is 20.8 Å². The monoisotopic (exact) mass is 252 g/mol. The van der Waals surface area contributed by atoms with Gasteiger partial charge in [0.05, 0.1) is 18.4 Å². The molecule has 3 nitrogen and oxygen atoms in total. The summed E-state index contributed by atoms with van der Waals surface area (Å²) in [5, 5.41) is 10.7. The SMILES string of the molecule is COc1cc(C(O)c2occc2C)ccc1Cl. The summed E-state index contributed by atoms with van der Waals surface area (Å²) in [5.74, 6) is 1.07. The van der Waals surface area contributed by atoms with Crippen LogP contribution in [0.3, 0.4) is 0 Å². The molecule has 1 aromatic heterocycles. The predicted octanol–water partition coefficient (Wildman–Crippen LogP) is 3.33. The van der Waals surface area contributed by atoms with Gasteiger partial charge in [0, 0.05) is 0 Å². The summed E-state index contributed by atoms with van der Waals surface area (Å²) in [7, 11) is 1.54. The van der Waals surface area contributed by atoms with Crippen LogP contribution in [-0.2, 0) is 0 Å². The van der Waals surface area contributed by atoms with E-state index in [9.17, 15) is 5.11 Å². The quantitative estimate of drug-likeness (QED) is 0.911. The van der Waals surface area contributed by atoms with E-state index < -0.39 is 6.10 Å². The average Bonchev–Trinajstić information content (AvgIpc) is 2.75. The van der Waals surface area contributed by atoms with Crippen LogP contribution in [0.4, 0.5) is 0 Å². The number of furan rings is 1. The zero-order valence-electron chi connectivity index (χ0n) is 9.61. The Kier molecular flexibility index (Phi) is 3.41. The molecule has 0 aliphatic rings. The van der Waals surface area contributed by atoms with Crippen molar-refractivity contribution in [3.8, 4) is 5.75 Å². The van der Waals surface area contributed by atoms with Crippen molar-refractivity contribution in [2.24, 2.45) is 0 Å². The van der Waals surface area contributed by atoms with Gasteiger partial charge in [0.15, 0.2) is 0 Å². The summed E-state index contributed by atoms with van der Waals surface area (Å²) in [6.45, 7) is 1.88. The lowest BCUT2D eigenvalue weighted by Gasteiger charge is -2.11. The number of hydrogen-bond acceptors (Lipinski definition) is 3. The summed E-state index contributed by atoms with van der Waals surface area (Å²) in [6.07, 6.45) is 0.747. The Balaban J connectivity index is 2.38. The molecule has 1 heterocycles. The van der Waals surface area contributed by atoms with Crippen LogP contribution < -0.4 is 4.74 Å². The summed E-state index contributed by atoms with van der Waals surface area (Å²) in [4.78, 5) is 0. The minimum absolute atomic E-state index is 0.514. The zero-order chi connectivity index (χ0) is 12.4. The standard InChI is InChI=1S/C13H13ClO3/c1-8-5-6-17-13(8)12(15)9-3-4-10(14)11(7-9)16-2/h3-7,12,15H,1-2H3. The first-order valence-electron chi connectivity index (χ1n) is 5.19. The molecule has 1 unspecified atom stereocenters. The van der Waals surface area contributed by atoms with Crippen molar-refractivity contribution in [3.63, 3.8) is 0 Å². The molecule has 1 N–H and O–H groups in total. The lowest BCUT2D eigenvalue weighted by molar-refractivity contribution is 0.188. The fourth-order valence-corrected chi connectivity index (χ4v) is 1.86. The van der Waals surface area contributed by atoms with Crippen molar-refractivity contribution in [2.75, 3.05) is 7.11 Å². The first kappa shape index (κ1) is 12.0. The van der Waals surface area contributed by atoms with Gasteiger partial charge in [-0.05, 0) is 36.2 Å². The van der Waals surface area contributed by atoms with Gasteiger partial charge in [0.2, 0.25) is 0 Å². The Morgan fingerprint density at radius 3 is 2.71 bits per heavy atom. The van der Waals surface area contributed by atoms with Crippen LogP contribution >= 0.6 is 11.6 Å². The van der Waals surface area contributed by atoms with Gasteiger partial charge in [-0.3, -0.25) is 0 Å². The van der Waals surface area contributed by atoms with Gasteiger partial charge < -0.3 is 14.3 Å². The Morgan fingerprint density at radius 1 is 1.35 bits per heavy atom. The number of methoxy groups -OCH3 is 1. The Bertz CT molecular complexity index is 519. The maximum absolute atomic E-state index is 10.2. The molecule has 0 aliphatic carbocycles. The van der Waals surface area contributed by atoms with Crippen LogP contribution in [0.2, 0.25) is 5.02 Å². The van der Waals surface area contributed by atoms with Gasteiger partial charge in [-0.2, -0.15) is 0 Å². The predicted molar refractivity (Wildman–Crippen MR) is 65.5 cm³/mol. The molecule has 0 radical (unpaired) electrons. The molecule has 2 rings (SSSR count). The van der Waals surface area contributed by atoms with Crippen LogP contribution in [0.25, 0.3) is 0 Å². The van der Waals surface area contributed by atoms with Gasteiger partial charge in [-0.25, -0.2) is 0 Å². The van der Waals surface area contributed by atoms with E-state index in [-0.39, 0.29) is 0 Å². The molecule has 0 bridgehead atoms. The molecule has 0 aliphatic heterocycles. The number of rotatable bonds is 3. The van der Waals surface area contributed by atoms with Crippen LogP contribution in [0.1, 0.15) is 23.0 Å². The molecular formula is C13H13ClO3. The molecule has 1 aromatic carbocycles. The maximum Gasteiger partial charge on any atom is 0.139 e. The summed E-state index contributed by atoms with van der Waals surface area (Å²) in [6, 6.07) is 6.95. The minimum atomic E-state index is -0.809. The van der Waals surface area contributed by atoms with E-state index in [1.807, 2.05) is 13.0 Å². The van der Waals surface area contributed by atoms with Gasteiger partial charge >= 0.3 is 0 Å². The van der Waals surface area contributed by atoms with E-state index in [1.165, 1.54) is 7.11 Å². The molecule has 90 valence electrons. The molecule has 0 saturated carbocycles. The number of aryl methyl sites for hydroxylation is 1. The third-order valence-electron chi connectivity index (χ3n) is 2.64. The van der Waals surface area contributed by atoms with Crippen molar-refractivity contribution in [3.05, 3.63) is 52.4 Å². The minimum Gasteiger partial charge on any atom is -0.495 e. The molecule has 1 atom stereocenters. The second-order valence-electron chi connectivity index (χ2n) is 3.76. The molecule has 0 saturated heterocycles. The van der Waals surface area contributed by atoms with Crippen molar-refractivity contribution >= 4 is 11.6 Å². The number of halogens is 1. The molecular weight excluding hydrogens is 240 g/mol. The van der Waals surface area contributed by atoms with Crippen molar-refractivity contribution in [1.82, 2.24) is 0 Å². The van der Waals surface area contributed by atoms with E-state index in [1.54, 1.807) is 24.5 Å². The fraction of sp³-hybridized carbons (Fsp3) is 0.231. The largest absolute Gasteiger partial charge is 0.495 e. The van der Waals surface area contributed by atoms with Gasteiger partial charge in [0.1, 0.15) is 17.6 Å². The van der Waals surface area contributed by atoms with Gasteiger partial charge in [-0.1, -0.05) is 17.7 Å². The van der Waals surface area contributed by atoms with Crippen molar-refractivity contribution < 1.29 is 14.3 Å². The highest BCUT2D eigenvalue weighted by Crippen LogP contribution is 2.31. The summed E-state index contributed by atoms with van der Waals surface area (Å²) >= 11 is 5.93. The molecule has 0 spiro atoms. The highest BCUT2D eigenvalue weighted by atomic mass is 35.5. The van der Waals surface area contributed by atoms with Crippen LogP contribution in [-0.4, -0.2) is 12.2 Å². The van der Waals surface area contributed by atoms with Crippen LogP contribution in [0.5, 0.6) is 5.75 Å². The summed E-state index contributed by atoms with van der Waals surface area (Å²) < 4.78 is 10.4. The maximum atomic E-state index is 10.2. The first-order valence-corrected chi connectivity index (χ1v) is 5.56. The average molecular weight is 253 g/mol. The third-order valence-corrected chi connectivity index (χ3v) is 2.95. The number of hydrogen-bond donors (Lipinski definition) is 1. The first-order chi connectivity index (χ1) is 8.13. The Labute approximate surface area is 105 Å². The second-order valence-corrected chi connectivity index (χ2v) is 4.17. The normalized spacial score (nSPS) is 12.5. The lowest BCUT2D eigenvalue weighted by atomic mass is 10.0. The van der Waals surface area contributed by atoms with E-state index in [2.05, 4.69) is 0 Å². The fourth-order valence-electron chi connectivity index (χ4n) is 1.66. The van der Waals surface area contributed by atoms with E-state index in [0.29, 0.717) is 22.1 Å². The van der Waals surface area contributed by atoms with Crippen molar-refractivity contribution in [1.29, 1.82) is 0 Å². The molecule has 4 heteroatoms. The number of benzene rings is 1. The lowest BCUT2D eigenvalue weighted by Crippen LogP contribution is -2.00. The molecule has 0 amide bonds. The smallest absolute Gasteiger partial charge is 0.139 e. The van der Waals surface area contributed by atoms with Crippen LogP contribution in [0.15, 0.2) is 34.9 Å². The Morgan fingerprint density at radius 2 is 2.12 bits per heavy atom. The number of aliphatic hydroxyl groups excluding tert-OH is 1. The highest BCUT2D eigenvalue weighted by molar-refractivity contribution is 6.32. The molecule has 0 fully saturated rings. The highest BCUT2D eigenvalue weighted by Gasteiger charge is 2.17. The molecule has 17 heavy (non-hydrogen) atoms. The summed E-state index contributed by atoms with van der Waals surface area (Å²) in [5.41, 5.74) is 1.59. The van der Waals surface area contributed by atoms with E-state index >= 15 is 0 Å². The van der Waals surface area contributed by atoms with Gasteiger partial charge in [-0.15, -0.1) is 0 Å². The van der Waals surface area contributed by atoms with Crippen LogP contribution in [0, 0.1) is 6.92 Å². The number of ether oxygens (including phenoxy) is 1. The van der Waals surface area contributed by atoms with Crippen molar-refractivity contribution in [2.45, 2.75) is 13.0 Å². The van der Waals surface area contributed by atoms with E-state index in [0.717, 1.165) is 5.56 Å². The number of aliphatic hydroxyl groups is 1. The molecule has 2 aromatic rings. The second kappa shape index (κ2) is 4.82. The zero-order valence-corrected chi connectivity index (χ0v) is 10.4. The van der Waals surface area contributed by atoms with Gasteiger partial charge in [0.25, 0.3) is 0 Å².